The SMILES string of the molecule is Cc1cc(C=C2C(=O)NC(=O)NC2=O)c(C)n1-c1ccc(Br)cc1F. The predicted octanol–water partition coefficient (Wildman–Crippen LogP) is 2.75. The van der Waals surface area contributed by atoms with Crippen molar-refractivity contribution in [1.82, 2.24) is 15.2 Å². The number of aromatic nitrogens is 1. The molecule has 0 saturated carbocycles. The molecule has 0 aliphatic carbocycles. The van der Waals surface area contributed by atoms with Gasteiger partial charge in [0.05, 0.1) is 5.69 Å². The molecule has 8 heteroatoms. The van der Waals surface area contributed by atoms with E-state index in [1.165, 1.54) is 12.1 Å². The van der Waals surface area contributed by atoms with Gasteiger partial charge in [-0.15, -0.1) is 0 Å². The zero-order valence-corrected chi connectivity index (χ0v) is 14.9. The molecule has 0 bridgehead atoms. The summed E-state index contributed by atoms with van der Waals surface area (Å²) in [5.74, 6) is -1.95. The van der Waals surface area contributed by atoms with E-state index < -0.39 is 23.7 Å². The maximum atomic E-state index is 14.3. The quantitative estimate of drug-likeness (QED) is 0.595. The van der Waals surface area contributed by atoms with Crippen molar-refractivity contribution in [3.8, 4) is 5.69 Å². The van der Waals surface area contributed by atoms with Crippen molar-refractivity contribution in [3.63, 3.8) is 0 Å². The van der Waals surface area contributed by atoms with E-state index in [0.717, 1.165) is 5.69 Å². The Morgan fingerprint density at radius 1 is 1.08 bits per heavy atom. The molecule has 1 saturated heterocycles. The normalized spacial score (nSPS) is 14.4. The minimum absolute atomic E-state index is 0.184. The first-order valence-electron chi connectivity index (χ1n) is 7.30. The van der Waals surface area contributed by atoms with Gasteiger partial charge in [0.25, 0.3) is 11.8 Å². The molecule has 1 aromatic heterocycles. The fourth-order valence-electron chi connectivity index (χ4n) is 2.73. The summed E-state index contributed by atoms with van der Waals surface area (Å²) < 4.78 is 16.6. The Morgan fingerprint density at radius 3 is 2.32 bits per heavy atom. The maximum Gasteiger partial charge on any atom is 0.328 e. The number of rotatable bonds is 2. The molecule has 0 spiro atoms. The number of hydrogen-bond acceptors (Lipinski definition) is 3. The van der Waals surface area contributed by atoms with Gasteiger partial charge in [0.15, 0.2) is 0 Å². The molecule has 2 aromatic rings. The van der Waals surface area contributed by atoms with Gasteiger partial charge < -0.3 is 4.57 Å². The van der Waals surface area contributed by atoms with Crippen molar-refractivity contribution in [2.75, 3.05) is 0 Å². The zero-order chi connectivity index (χ0) is 18.3. The Labute approximate surface area is 150 Å². The first-order chi connectivity index (χ1) is 11.8. The maximum absolute atomic E-state index is 14.3. The smallest absolute Gasteiger partial charge is 0.315 e. The van der Waals surface area contributed by atoms with Crippen LogP contribution in [0.2, 0.25) is 0 Å². The molecule has 3 rings (SSSR count). The molecule has 1 aliphatic rings. The van der Waals surface area contributed by atoms with Crippen molar-refractivity contribution in [2.45, 2.75) is 13.8 Å². The number of aryl methyl sites for hydroxylation is 1. The topological polar surface area (TPSA) is 80.2 Å². The van der Waals surface area contributed by atoms with E-state index in [4.69, 9.17) is 0 Å². The third-order valence-electron chi connectivity index (χ3n) is 3.86. The molecular weight excluding hydrogens is 393 g/mol. The summed E-state index contributed by atoms with van der Waals surface area (Å²) in [6.45, 7) is 3.55. The van der Waals surface area contributed by atoms with Crippen molar-refractivity contribution in [3.05, 3.63) is 57.1 Å². The van der Waals surface area contributed by atoms with Gasteiger partial charge in [0.1, 0.15) is 11.4 Å². The molecule has 0 unspecified atom stereocenters. The fourth-order valence-corrected chi connectivity index (χ4v) is 3.06. The van der Waals surface area contributed by atoms with Crippen LogP contribution in [0.3, 0.4) is 0 Å². The molecule has 0 radical (unpaired) electrons. The van der Waals surface area contributed by atoms with Gasteiger partial charge in [0.2, 0.25) is 0 Å². The largest absolute Gasteiger partial charge is 0.328 e. The van der Waals surface area contributed by atoms with E-state index in [-0.39, 0.29) is 5.57 Å². The number of urea groups is 1. The lowest BCUT2D eigenvalue weighted by Crippen LogP contribution is -2.51. The average molecular weight is 406 g/mol. The molecular formula is C17H13BrFN3O3. The molecule has 1 aromatic carbocycles. The molecule has 128 valence electrons. The monoisotopic (exact) mass is 405 g/mol. The van der Waals surface area contributed by atoms with Crippen LogP contribution in [0.4, 0.5) is 9.18 Å². The highest BCUT2D eigenvalue weighted by molar-refractivity contribution is 9.10. The van der Waals surface area contributed by atoms with Crippen LogP contribution in [0.15, 0.2) is 34.3 Å². The lowest BCUT2D eigenvalue weighted by Gasteiger charge is -2.14. The van der Waals surface area contributed by atoms with Crippen molar-refractivity contribution in [2.24, 2.45) is 0 Å². The van der Waals surface area contributed by atoms with Gasteiger partial charge in [-0.1, -0.05) is 15.9 Å². The van der Waals surface area contributed by atoms with E-state index in [1.54, 1.807) is 36.6 Å². The minimum Gasteiger partial charge on any atom is -0.315 e. The number of amides is 4. The van der Waals surface area contributed by atoms with Crippen LogP contribution < -0.4 is 10.6 Å². The van der Waals surface area contributed by atoms with Crippen molar-refractivity contribution >= 4 is 39.9 Å². The van der Waals surface area contributed by atoms with Gasteiger partial charge in [-0.05, 0) is 49.8 Å². The van der Waals surface area contributed by atoms with Gasteiger partial charge in [-0.25, -0.2) is 9.18 Å². The fraction of sp³-hybridized carbons (Fsp3) is 0.118. The lowest BCUT2D eigenvalue weighted by molar-refractivity contribution is -0.123. The number of imide groups is 2. The summed E-state index contributed by atoms with van der Waals surface area (Å²) in [7, 11) is 0. The van der Waals surface area contributed by atoms with Crippen LogP contribution in [0.25, 0.3) is 11.8 Å². The average Bonchev–Trinajstić information content (AvgIpc) is 2.78. The second kappa shape index (κ2) is 6.29. The van der Waals surface area contributed by atoms with E-state index >= 15 is 0 Å². The van der Waals surface area contributed by atoms with Crippen LogP contribution in [0.1, 0.15) is 17.0 Å². The van der Waals surface area contributed by atoms with Gasteiger partial charge in [-0.3, -0.25) is 20.2 Å². The summed E-state index contributed by atoms with van der Waals surface area (Å²) in [4.78, 5) is 34.8. The van der Waals surface area contributed by atoms with Crippen molar-refractivity contribution in [1.29, 1.82) is 0 Å². The van der Waals surface area contributed by atoms with Gasteiger partial charge in [0, 0.05) is 15.9 Å². The Balaban J connectivity index is 2.09. The van der Waals surface area contributed by atoms with Gasteiger partial charge >= 0.3 is 6.03 Å². The van der Waals surface area contributed by atoms with E-state index in [0.29, 0.717) is 21.4 Å². The molecule has 6 nitrogen and oxygen atoms in total. The second-order valence-electron chi connectivity index (χ2n) is 5.55. The number of hydrogen-bond donors (Lipinski definition) is 2. The molecule has 2 N–H and O–H groups in total. The third-order valence-corrected chi connectivity index (χ3v) is 4.36. The highest BCUT2D eigenvalue weighted by atomic mass is 79.9. The summed E-state index contributed by atoms with van der Waals surface area (Å²) in [5.41, 5.74) is 2.14. The van der Waals surface area contributed by atoms with Crippen LogP contribution in [-0.2, 0) is 9.59 Å². The number of carbonyl (C=O) groups excluding carboxylic acids is 3. The van der Waals surface area contributed by atoms with E-state index in [1.807, 2.05) is 10.6 Å². The number of benzene rings is 1. The predicted molar refractivity (Wildman–Crippen MR) is 92.6 cm³/mol. The summed E-state index contributed by atoms with van der Waals surface area (Å²) in [5, 5.41) is 4.04. The highest BCUT2D eigenvalue weighted by Crippen LogP contribution is 2.26. The first-order valence-corrected chi connectivity index (χ1v) is 8.10. The number of nitrogens with one attached hydrogen (secondary N) is 2. The Hall–Kier alpha value is -2.74. The van der Waals surface area contributed by atoms with Crippen LogP contribution in [-0.4, -0.2) is 22.4 Å². The second-order valence-corrected chi connectivity index (χ2v) is 6.47. The first kappa shape index (κ1) is 17.1. The van der Waals surface area contributed by atoms with Crippen LogP contribution >= 0.6 is 15.9 Å². The van der Waals surface area contributed by atoms with Crippen LogP contribution in [0, 0.1) is 19.7 Å². The summed E-state index contributed by atoms with van der Waals surface area (Å²) in [6, 6.07) is 5.60. The number of barbiturate groups is 1. The van der Waals surface area contributed by atoms with Crippen LogP contribution in [0.5, 0.6) is 0 Å². The van der Waals surface area contributed by atoms with Gasteiger partial charge in [-0.2, -0.15) is 0 Å². The van der Waals surface area contributed by atoms with E-state index in [9.17, 15) is 18.8 Å². The molecule has 4 amide bonds. The van der Waals surface area contributed by atoms with E-state index in [2.05, 4.69) is 15.9 Å². The Bertz CT molecular complexity index is 940. The zero-order valence-electron chi connectivity index (χ0n) is 13.3. The lowest BCUT2D eigenvalue weighted by atomic mass is 10.1. The number of carbonyl (C=O) groups is 3. The number of halogens is 2. The molecule has 25 heavy (non-hydrogen) atoms. The number of nitrogens with zero attached hydrogens (tertiary/aromatic N) is 1. The summed E-state index contributed by atoms with van der Waals surface area (Å²) in [6.07, 6.45) is 1.38. The molecule has 1 fully saturated rings. The van der Waals surface area contributed by atoms with Crippen molar-refractivity contribution < 1.29 is 18.8 Å². The molecule has 2 heterocycles. The standard InChI is InChI=1S/C17H13BrFN3O3/c1-8-5-10(6-12-15(23)20-17(25)21-16(12)24)9(2)22(8)14-4-3-11(18)7-13(14)19/h3-7H,1-2H3,(H2,20,21,23,24,25). The Kier molecular flexibility index (Phi) is 4.30. The minimum atomic E-state index is -0.852. The Morgan fingerprint density at radius 2 is 1.72 bits per heavy atom. The molecule has 0 atom stereocenters. The molecule has 1 aliphatic heterocycles. The third kappa shape index (κ3) is 3.12. The highest BCUT2D eigenvalue weighted by Gasteiger charge is 2.28. The summed E-state index contributed by atoms with van der Waals surface area (Å²) >= 11 is 3.22.